The Bertz CT molecular complexity index is 1010. The van der Waals surface area contributed by atoms with Crippen molar-refractivity contribution in [2.24, 2.45) is 7.05 Å². The average Bonchev–Trinajstić information content (AvgIpc) is 3.49. The maximum atomic E-state index is 12.7. The molecule has 1 aliphatic heterocycles. The molecule has 2 fully saturated rings. The Kier molecular flexibility index (Phi) is 5.73. The number of nitrogens with one attached hydrogen (secondary N) is 1. The number of ketones is 1. The lowest BCUT2D eigenvalue weighted by Crippen LogP contribution is -2.54. The highest BCUT2D eigenvalue weighted by Gasteiger charge is 2.31. The molecule has 1 aromatic carbocycles. The van der Waals surface area contributed by atoms with Gasteiger partial charge in [-0.15, -0.1) is 0 Å². The second-order valence-corrected chi connectivity index (χ2v) is 8.13. The molecule has 1 atom stereocenters. The van der Waals surface area contributed by atoms with Gasteiger partial charge in [0.05, 0.1) is 11.0 Å². The monoisotopic (exact) mass is 426 g/mol. The second kappa shape index (κ2) is 8.46. The van der Waals surface area contributed by atoms with Crippen molar-refractivity contribution in [2.75, 3.05) is 31.1 Å². The molecule has 1 unspecified atom stereocenters. The van der Waals surface area contributed by atoms with Crippen LogP contribution in [0.2, 0.25) is 0 Å². The Morgan fingerprint density at radius 2 is 1.94 bits per heavy atom. The van der Waals surface area contributed by atoms with E-state index in [1.807, 2.05) is 11.8 Å². The quantitative estimate of drug-likeness (QED) is 0.404. The van der Waals surface area contributed by atoms with Crippen molar-refractivity contribution in [3.63, 3.8) is 0 Å². The summed E-state index contributed by atoms with van der Waals surface area (Å²) in [5.41, 5.74) is 0.609. The van der Waals surface area contributed by atoms with E-state index in [9.17, 15) is 19.7 Å². The lowest BCUT2D eigenvalue weighted by molar-refractivity contribution is -0.384. The van der Waals surface area contributed by atoms with E-state index in [-0.39, 0.29) is 34.8 Å². The molecule has 10 nitrogen and oxygen atoms in total. The molecule has 1 saturated carbocycles. The van der Waals surface area contributed by atoms with Crippen molar-refractivity contribution < 1.29 is 14.5 Å². The van der Waals surface area contributed by atoms with Crippen molar-refractivity contribution in [1.29, 1.82) is 0 Å². The van der Waals surface area contributed by atoms with E-state index in [1.54, 1.807) is 29.9 Å². The molecule has 2 aromatic rings. The van der Waals surface area contributed by atoms with Crippen LogP contribution in [0.4, 0.5) is 11.4 Å². The van der Waals surface area contributed by atoms with Crippen LogP contribution in [0.25, 0.3) is 0 Å². The third-order valence-electron chi connectivity index (χ3n) is 5.96. The number of aryl methyl sites for hydroxylation is 1. The van der Waals surface area contributed by atoms with Gasteiger partial charge in [0.1, 0.15) is 5.69 Å². The van der Waals surface area contributed by atoms with Crippen molar-refractivity contribution >= 4 is 23.1 Å². The highest BCUT2D eigenvalue weighted by Crippen LogP contribution is 2.31. The van der Waals surface area contributed by atoms with Crippen molar-refractivity contribution in [3.8, 4) is 0 Å². The summed E-state index contributed by atoms with van der Waals surface area (Å²) in [6, 6.07) is 4.66. The van der Waals surface area contributed by atoms with Crippen LogP contribution in [0.5, 0.6) is 0 Å². The molecule has 1 saturated heterocycles. The molecule has 1 aliphatic carbocycles. The third kappa shape index (κ3) is 4.43. The number of aromatic nitrogens is 2. The number of benzene rings is 1. The fourth-order valence-electron chi connectivity index (χ4n) is 3.86. The Hall–Kier alpha value is -3.27. The number of piperazine rings is 1. The second-order valence-electron chi connectivity index (χ2n) is 8.13. The summed E-state index contributed by atoms with van der Waals surface area (Å²) in [6.07, 6.45) is 5.27. The molecule has 1 amide bonds. The summed E-state index contributed by atoms with van der Waals surface area (Å²) in [5.74, 6) is -0.0873. The number of rotatable bonds is 7. The van der Waals surface area contributed by atoms with Crippen LogP contribution in [0.15, 0.2) is 30.6 Å². The molecule has 4 rings (SSSR count). The van der Waals surface area contributed by atoms with Crippen molar-refractivity contribution in [3.05, 3.63) is 52.1 Å². The highest BCUT2D eigenvalue weighted by atomic mass is 16.6. The lowest BCUT2D eigenvalue weighted by atomic mass is 10.1. The number of nitrogens with zero attached hydrogens (tertiary/aromatic N) is 5. The zero-order valence-corrected chi connectivity index (χ0v) is 17.7. The minimum atomic E-state index is -0.456. The molecular weight excluding hydrogens is 400 g/mol. The van der Waals surface area contributed by atoms with Crippen LogP contribution >= 0.6 is 0 Å². The van der Waals surface area contributed by atoms with Gasteiger partial charge in [-0.25, -0.2) is 4.98 Å². The molecule has 0 bridgehead atoms. The van der Waals surface area contributed by atoms with E-state index in [4.69, 9.17) is 0 Å². The van der Waals surface area contributed by atoms with Gasteiger partial charge in [0.25, 0.3) is 5.69 Å². The number of hydrogen-bond donors (Lipinski definition) is 1. The molecule has 2 aliphatic rings. The summed E-state index contributed by atoms with van der Waals surface area (Å²) in [5, 5.41) is 14.8. The van der Waals surface area contributed by atoms with Gasteiger partial charge < -0.3 is 14.8 Å². The number of imidazole rings is 1. The first-order valence-electron chi connectivity index (χ1n) is 10.4. The smallest absolute Gasteiger partial charge is 0.293 e. The van der Waals surface area contributed by atoms with E-state index in [0.717, 1.165) is 12.8 Å². The minimum Gasteiger partial charge on any atom is -0.363 e. The van der Waals surface area contributed by atoms with Gasteiger partial charge in [-0.2, -0.15) is 0 Å². The Balaban J connectivity index is 1.47. The maximum Gasteiger partial charge on any atom is 0.293 e. The van der Waals surface area contributed by atoms with Gasteiger partial charge in [-0.3, -0.25) is 24.6 Å². The fraction of sp³-hybridized carbons (Fsp3) is 0.476. The first kappa shape index (κ1) is 21.0. The fourth-order valence-corrected chi connectivity index (χ4v) is 3.86. The summed E-state index contributed by atoms with van der Waals surface area (Å²) in [6.45, 7) is 4.28. The molecule has 0 radical (unpaired) electrons. The summed E-state index contributed by atoms with van der Waals surface area (Å²) in [7, 11) is 1.70. The van der Waals surface area contributed by atoms with E-state index in [2.05, 4.69) is 15.2 Å². The molecule has 10 heteroatoms. The minimum absolute atomic E-state index is 0.0408. The van der Waals surface area contributed by atoms with Gasteiger partial charge in [0.15, 0.2) is 5.82 Å². The topological polar surface area (TPSA) is 114 Å². The largest absolute Gasteiger partial charge is 0.363 e. The van der Waals surface area contributed by atoms with E-state index >= 15 is 0 Å². The van der Waals surface area contributed by atoms with E-state index in [0.29, 0.717) is 37.9 Å². The molecular formula is C21H26N6O4. The standard InChI is InChI=1S/C21H26N6O4/c1-14(21(29)23-16-4-5-16)25-9-11-26(12-10-25)17-6-3-15(13-18(17)27(30)31)19(28)20-22-7-8-24(20)2/h3,6-8,13-14,16H,4-5,9-12H2,1-2H3,(H,23,29). The predicted octanol–water partition coefficient (Wildman–Crippen LogP) is 1.35. The van der Waals surface area contributed by atoms with Crippen LogP contribution in [0.3, 0.4) is 0 Å². The van der Waals surface area contributed by atoms with Crippen molar-refractivity contribution in [2.45, 2.75) is 31.8 Å². The first-order valence-corrected chi connectivity index (χ1v) is 10.4. The van der Waals surface area contributed by atoms with Gasteiger partial charge >= 0.3 is 0 Å². The number of carbonyl (C=O) groups is 2. The summed E-state index contributed by atoms with van der Waals surface area (Å²) >= 11 is 0. The maximum absolute atomic E-state index is 12.7. The number of anilines is 1. The molecule has 0 spiro atoms. The zero-order chi connectivity index (χ0) is 22.1. The van der Waals surface area contributed by atoms with Gasteiger partial charge in [-0.1, -0.05) is 0 Å². The van der Waals surface area contributed by atoms with Crippen molar-refractivity contribution in [1.82, 2.24) is 19.8 Å². The Labute approximate surface area is 180 Å². The highest BCUT2D eigenvalue weighted by molar-refractivity contribution is 6.07. The van der Waals surface area contributed by atoms with Gasteiger partial charge in [0, 0.05) is 63.3 Å². The average molecular weight is 426 g/mol. The Morgan fingerprint density at radius 1 is 1.23 bits per heavy atom. The number of carbonyl (C=O) groups excluding carboxylic acids is 2. The zero-order valence-electron chi connectivity index (χ0n) is 17.7. The number of hydrogen-bond acceptors (Lipinski definition) is 7. The van der Waals surface area contributed by atoms with Gasteiger partial charge in [0.2, 0.25) is 11.7 Å². The normalized spacial score (nSPS) is 17.9. The van der Waals surface area contributed by atoms with Crippen LogP contribution in [0, 0.1) is 10.1 Å². The third-order valence-corrected chi connectivity index (χ3v) is 5.96. The molecule has 31 heavy (non-hydrogen) atoms. The van der Waals surface area contributed by atoms with Crippen LogP contribution in [-0.4, -0.2) is 69.3 Å². The van der Waals surface area contributed by atoms with Gasteiger partial charge in [-0.05, 0) is 31.9 Å². The van der Waals surface area contributed by atoms with E-state index < -0.39 is 4.92 Å². The van der Waals surface area contributed by atoms with Crippen LogP contribution < -0.4 is 10.2 Å². The number of nitro groups is 1. The lowest BCUT2D eigenvalue weighted by Gasteiger charge is -2.38. The summed E-state index contributed by atoms with van der Waals surface area (Å²) < 4.78 is 1.59. The number of nitro benzene ring substituents is 1. The summed E-state index contributed by atoms with van der Waals surface area (Å²) in [4.78, 5) is 44.4. The molecule has 1 aromatic heterocycles. The van der Waals surface area contributed by atoms with E-state index in [1.165, 1.54) is 12.3 Å². The molecule has 164 valence electrons. The molecule has 1 N–H and O–H groups in total. The molecule has 2 heterocycles. The van der Waals surface area contributed by atoms with Crippen LogP contribution in [-0.2, 0) is 11.8 Å². The SMILES string of the molecule is CC(C(=O)NC1CC1)N1CCN(c2ccc(C(=O)c3nccn3C)cc2[N+](=O)[O-])CC1. The predicted molar refractivity (Wildman–Crippen MR) is 114 cm³/mol. The Morgan fingerprint density at radius 3 is 2.52 bits per heavy atom. The van der Waals surface area contributed by atoms with Crippen LogP contribution in [0.1, 0.15) is 35.9 Å². The number of amides is 1. The first-order chi connectivity index (χ1) is 14.8.